The van der Waals surface area contributed by atoms with Gasteiger partial charge in [-0.15, -0.1) is 0 Å². The fraction of sp³-hybridized carbons (Fsp3) is 0.286. The van der Waals surface area contributed by atoms with E-state index in [4.69, 9.17) is 11.6 Å². The van der Waals surface area contributed by atoms with Crippen molar-refractivity contribution in [1.29, 1.82) is 0 Å². The van der Waals surface area contributed by atoms with Crippen LogP contribution in [0.3, 0.4) is 0 Å². The summed E-state index contributed by atoms with van der Waals surface area (Å²) < 4.78 is 53.1. The van der Waals surface area contributed by atoms with Gasteiger partial charge in [0, 0.05) is 19.5 Å². The summed E-state index contributed by atoms with van der Waals surface area (Å²) >= 11 is 5.82. The quantitative estimate of drug-likeness (QED) is 0.428. The zero-order chi connectivity index (χ0) is 23.8. The number of hydrogen-bond acceptors (Lipinski definition) is 3. The Balaban J connectivity index is 1.92. The number of benzene rings is 2. The maximum atomic E-state index is 13.7. The van der Waals surface area contributed by atoms with E-state index in [0.717, 1.165) is 18.2 Å². The van der Waals surface area contributed by atoms with Gasteiger partial charge < -0.3 is 15.5 Å². The van der Waals surface area contributed by atoms with Crippen molar-refractivity contribution in [2.75, 3.05) is 25.0 Å². The molecule has 2 aromatic carbocycles. The zero-order valence-corrected chi connectivity index (χ0v) is 17.7. The summed E-state index contributed by atoms with van der Waals surface area (Å²) in [4.78, 5) is 37.9. The summed E-state index contributed by atoms with van der Waals surface area (Å²) in [5, 5.41) is 4.50. The Morgan fingerprint density at radius 2 is 1.75 bits per heavy atom. The summed E-state index contributed by atoms with van der Waals surface area (Å²) in [5.41, 5.74) is -0.514. The lowest BCUT2D eigenvalue weighted by Gasteiger charge is -2.22. The SMILES string of the molecule is CCCN(CC(=O)Nc1ccc(F)c(F)c1F)C(=O)CCNC(=O)c1ccc(F)cc1Cl. The van der Waals surface area contributed by atoms with Crippen molar-refractivity contribution in [3.63, 3.8) is 0 Å². The lowest BCUT2D eigenvalue weighted by Crippen LogP contribution is -2.40. The first-order valence-corrected chi connectivity index (χ1v) is 9.96. The Bertz CT molecular complexity index is 1020. The number of amides is 3. The van der Waals surface area contributed by atoms with E-state index in [9.17, 15) is 31.9 Å². The lowest BCUT2D eigenvalue weighted by molar-refractivity contribution is -0.134. The molecule has 0 fully saturated rings. The second-order valence-corrected chi connectivity index (χ2v) is 7.12. The highest BCUT2D eigenvalue weighted by atomic mass is 35.5. The Morgan fingerprint density at radius 3 is 2.41 bits per heavy atom. The second-order valence-electron chi connectivity index (χ2n) is 6.72. The van der Waals surface area contributed by atoms with Crippen molar-refractivity contribution in [3.8, 4) is 0 Å². The molecule has 32 heavy (non-hydrogen) atoms. The summed E-state index contributed by atoms with van der Waals surface area (Å²) in [6.45, 7) is 1.43. The van der Waals surface area contributed by atoms with Gasteiger partial charge in [-0.2, -0.15) is 0 Å². The third-order valence-electron chi connectivity index (χ3n) is 4.29. The average molecular weight is 474 g/mol. The molecule has 0 bridgehead atoms. The molecule has 0 unspecified atom stereocenters. The summed E-state index contributed by atoms with van der Waals surface area (Å²) in [7, 11) is 0. The molecule has 0 aliphatic rings. The summed E-state index contributed by atoms with van der Waals surface area (Å²) in [6, 6.07) is 4.80. The third-order valence-corrected chi connectivity index (χ3v) is 4.60. The highest BCUT2D eigenvalue weighted by molar-refractivity contribution is 6.33. The molecular weight excluding hydrogens is 454 g/mol. The van der Waals surface area contributed by atoms with Crippen LogP contribution in [0.15, 0.2) is 30.3 Å². The maximum Gasteiger partial charge on any atom is 0.252 e. The summed E-state index contributed by atoms with van der Waals surface area (Å²) in [6.07, 6.45) is 0.355. The van der Waals surface area contributed by atoms with Crippen LogP contribution >= 0.6 is 11.6 Å². The van der Waals surface area contributed by atoms with Crippen molar-refractivity contribution < 1.29 is 31.9 Å². The van der Waals surface area contributed by atoms with Crippen molar-refractivity contribution in [2.45, 2.75) is 19.8 Å². The molecule has 11 heteroatoms. The number of nitrogens with zero attached hydrogens (tertiary/aromatic N) is 1. The van der Waals surface area contributed by atoms with Gasteiger partial charge in [-0.1, -0.05) is 18.5 Å². The molecule has 0 heterocycles. The van der Waals surface area contributed by atoms with Crippen molar-refractivity contribution in [1.82, 2.24) is 10.2 Å². The number of nitrogens with one attached hydrogen (secondary N) is 2. The van der Waals surface area contributed by atoms with Gasteiger partial charge in [-0.25, -0.2) is 17.6 Å². The smallest absolute Gasteiger partial charge is 0.252 e. The molecule has 2 N–H and O–H groups in total. The maximum absolute atomic E-state index is 13.7. The van der Waals surface area contributed by atoms with Crippen molar-refractivity contribution in [2.24, 2.45) is 0 Å². The van der Waals surface area contributed by atoms with Gasteiger partial charge in [0.05, 0.1) is 22.8 Å². The number of carbonyl (C=O) groups is 3. The first-order valence-electron chi connectivity index (χ1n) is 9.58. The van der Waals surface area contributed by atoms with Gasteiger partial charge in [-0.3, -0.25) is 14.4 Å². The molecule has 0 aromatic heterocycles. The van der Waals surface area contributed by atoms with E-state index in [2.05, 4.69) is 10.6 Å². The minimum Gasteiger partial charge on any atom is -0.351 e. The Kier molecular flexibility index (Phi) is 9.01. The van der Waals surface area contributed by atoms with Crippen LogP contribution in [-0.4, -0.2) is 42.3 Å². The van der Waals surface area contributed by atoms with Gasteiger partial charge in [0.1, 0.15) is 5.82 Å². The standard InChI is InChI=1S/C21H20ClF4N3O3/c1-2-9-29(11-17(30)28-16-6-5-15(24)19(25)20(16)26)18(31)7-8-27-21(32)13-4-3-12(23)10-14(13)22/h3-6,10H,2,7-9,11H2,1H3,(H,27,32)(H,28,30). The molecule has 0 atom stereocenters. The van der Waals surface area contributed by atoms with Crippen LogP contribution in [0.25, 0.3) is 0 Å². The van der Waals surface area contributed by atoms with Crippen LogP contribution in [0.5, 0.6) is 0 Å². The molecule has 6 nitrogen and oxygen atoms in total. The Morgan fingerprint density at radius 1 is 1.03 bits per heavy atom. The predicted molar refractivity (Wildman–Crippen MR) is 110 cm³/mol. The number of rotatable bonds is 9. The van der Waals surface area contributed by atoms with E-state index >= 15 is 0 Å². The first kappa shape index (κ1) is 25.1. The van der Waals surface area contributed by atoms with E-state index in [0.29, 0.717) is 12.5 Å². The molecule has 0 aliphatic carbocycles. The normalized spacial score (nSPS) is 10.6. The minimum absolute atomic E-state index is 0.0406. The van der Waals surface area contributed by atoms with Gasteiger partial charge in [-0.05, 0) is 36.8 Å². The highest BCUT2D eigenvalue weighted by Crippen LogP contribution is 2.20. The Hall–Kier alpha value is -3.14. The summed E-state index contributed by atoms with van der Waals surface area (Å²) in [5.74, 6) is -7.14. The van der Waals surface area contributed by atoms with E-state index < -0.39 is 53.2 Å². The van der Waals surface area contributed by atoms with Crippen LogP contribution in [0.2, 0.25) is 5.02 Å². The van der Waals surface area contributed by atoms with Gasteiger partial charge >= 0.3 is 0 Å². The van der Waals surface area contributed by atoms with Crippen molar-refractivity contribution >= 4 is 35.0 Å². The molecule has 0 spiro atoms. The van der Waals surface area contributed by atoms with E-state index in [1.807, 2.05) is 0 Å². The fourth-order valence-corrected chi connectivity index (χ4v) is 3.01. The molecule has 172 valence electrons. The molecule has 0 saturated carbocycles. The molecule has 0 radical (unpaired) electrons. The molecule has 3 amide bonds. The molecule has 2 aromatic rings. The first-order chi connectivity index (χ1) is 15.1. The van der Waals surface area contributed by atoms with E-state index in [-0.39, 0.29) is 30.1 Å². The van der Waals surface area contributed by atoms with Crippen LogP contribution < -0.4 is 10.6 Å². The molecule has 0 saturated heterocycles. The van der Waals surface area contributed by atoms with Crippen molar-refractivity contribution in [3.05, 3.63) is 64.2 Å². The fourth-order valence-electron chi connectivity index (χ4n) is 2.76. The second kappa shape index (κ2) is 11.5. The minimum atomic E-state index is -1.72. The van der Waals surface area contributed by atoms with Gasteiger partial charge in [0.2, 0.25) is 11.8 Å². The Labute approximate surface area is 186 Å². The van der Waals surface area contributed by atoms with E-state index in [1.165, 1.54) is 11.0 Å². The number of hydrogen-bond donors (Lipinski definition) is 2. The molecule has 0 aliphatic heterocycles. The zero-order valence-electron chi connectivity index (χ0n) is 17.0. The molecule has 2 rings (SSSR count). The topological polar surface area (TPSA) is 78.5 Å². The van der Waals surface area contributed by atoms with E-state index in [1.54, 1.807) is 6.92 Å². The number of anilines is 1. The number of halogens is 5. The van der Waals surface area contributed by atoms with Crippen LogP contribution in [0, 0.1) is 23.3 Å². The number of carbonyl (C=O) groups excluding carboxylic acids is 3. The lowest BCUT2D eigenvalue weighted by atomic mass is 10.2. The predicted octanol–water partition coefficient (Wildman–Crippen LogP) is 3.89. The van der Waals surface area contributed by atoms with Gasteiger partial charge in [0.25, 0.3) is 5.91 Å². The molecular formula is C21H20ClF4N3O3. The van der Waals surface area contributed by atoms with Gasteiger partial charge in [0.15, 0.2) is 17.5 Å². The third kappa shape index (κ3) is 6.68. The monoisotopic (exact) mass is 473 g/mol. The largest absolute Gasteiger partial charge is 0.351 e. The highest BCUT2D eigenvalue weighted by Gasteiger charge is 2.20. The van der Waals surface area contributed by atoms with Crippen LogP contribution in [-0.2, 0) is 9.59 Å². The average Bonchev–Trinajstić information content (AvgIpc) is 2.73. The van der Waals surface area contributed by atoms with Crippen LogP contribution in [0.1, 0.15) is 30.1 Å². The van der Waals surface area contributed by atoms with Crippen LogP contribution in [0.4, 0.5) is 23.2 Å².